The second-order valence-corrected chi connectivity index (χ2v) is 6.63. The summed E-state index contributed by atoms with van der Waals surface area (Å²) >= 11 is 0. The molecule has 0 saturated carbocycles. The molecule has 1 heterocycles. The normalized spacial score (nSPS) is 14.8. The van der Waals surface area contributed by atoms with Gasteiger partial charge in [0.05, 0.1) is 25.3 Å². The zero-order chi connectivity index (χ0) is 18.0. The average molecular weight is 373 g/mol. The summed E-state index contributed by atoms with van der Waals surface area (Å²) in [5.41, 5.74) is 4.71. The number of rotatable bonds is 5. The van der Waals surface area contributed by atoms with E-state index in [1.807, 2.05) is 24.4 Å². The summed E-state index contributed by atoms with van der Waals surface area (Å²) in [5.74, 6) is 1.52. The Morgan fingerprint density at radius 1 is 1.04 bits per heavy atom. The third-order valence-electron chi connectivity index (χ3n) is 4.83. The number of nitrogens with zero attached hydrogens (tertiary/aromatic N) is 1. The summed E-state index contributed by atoms with van der Waals surface area (Å²) in [5, 5.41) is 3.32. The number of hydrogen-bond donors (Lipinski definition) is 1. The van der Waals surface area contributed by atoms with Crippen molar-refractivity contribution in [2.45, 2.75) is 19.3 Å². The van der Waals surface area contributed by atoms with Gasteiger partial charge in [0.1, 0.15) is 18.5 Å². The standard InChI is InChI=1S/C21H24N2O2.ClH/c1-21(2)16-8-6-7-9-18(16)23(3)20(21)12-13-22-17-11-10-15(24-4)14-19(17)25-5;/h6-14H,1-5H3;1H. The van der Waals surface area contributed by atoms with Gasteiger partial charge in [-0.25, -0.2) is 0 Å². The summed E-state index contributed by atoms with van der Waals surface area (Å²) in [4.78, 5) is 0. The first-order chi connectivity index (χ1) is 12.0. The number of ether oxygens (including phenoxy) is 2. The van der Waals surface area contributed by atoms with Crippen molar-refractivity contribution in [3.05, 3.63) is 60.3 Å². The summed E-state index contributed by atoms with van der Waals surface area (Å²) in [6.07, 6.45) is 4.09. The smallest absolute Gasteiger partial charge is 0.209 e. The van der Waals surface area contributed by atoms with Crippen LogP contribution in [0, 0.1) is 0 Å². The SMILES string of the molecule is COc1ccc(N/C=C/C2=[N+](C)c3ccccc3C2(C)C)c(OC)c1.[Cl-]. The molecule has 0 bridgehead atoms. The van der Waals surface area contributed by atoms with Crippen molar-refractivity contribution in [1.29, 1.82) is 0 Å². The van der Waals surface area contributed by atoms with Gasteiger partial charge in [-0.15, -0.1) is 0 Å². The van der Waals surface area contributed by atoms with Gasteiger partial charge in [0, 0.05) is 30.0 Å². The maximum absolute atomic E-state index is 5.43. The number of hydrogen-bond acceptors (Lipinski definition) is 3. The minimum atomic E-state index is -0.0342. The number of fused-ring (bicyclic) bond motifs is 1. The summed E-state index contributed by atoms with van der Waals surface area (Å²) in [7, 11) is 5.41. The second-order valence-electron chi connectivity index (χ2n) is 6.63. The number of halogens is 1. The van der Waals surface area contributed by atoms with Gasteiger partial charge >= 0.3 is 0 Å². The van der Waals surface area contributed by atoms with Crippen LogP contribution in [0.5, 0.6) is 11.5 Å². The van der Waals surface area contributed by atoms with Gasteiger partial charge in [-0.3, -0.25) is 0 Å². The molecule has 0 fully saturated rings. The van der Waals surface area contributed by atoms with Crippen LogP contribution < -0.4 is 27.2 Å². The molecule has 0 aromatic heterocycles. The first kappa shape index (κ1) is 19.9. The minimum absolute atomic E-state index is 0. The molecule has 1 aliphatic rings. The highest BCUT2D eigenvalue weighted by atomic mass is 35.5. The fraction of sp³-hybridized carbons (Fsp3) is 0.286. The topological polar surface area (TPSA) is 33.5 Å². The first-order valence-electron chi connectivity index (χ1n) is 8.35. The Hall–Kier alpha value is -2.46. The molecule has 4 nitrogen and oxygen atoms in total. The van der Waals surface area contributed by atoms with Crippen molar-refractivity contribution in [3.8, 4) is 11.5 Å². The van der Waals surface area contributed by atoms with E-state index in [2.05, 4.69) is 61.1 Å². The molecule has 2 aromatic rings. The molecule has 0 atom stereocenters. The number of benzene rings is 2. The predicted molar refractivity (Wildman–Crippen MR) is 103 cm³/mol. The quantitative estimate of drug-likeness (QED) is 0.804. The molecule has 26 heavy (non-hydrogen) atoms. The Bertz CT molecular complexity index is 857. The zero-order valence-electron chi connectivity index (χ0n) is 15.8. The molecule has 5 heteroatoms. The first-order valence-corrected chi connectivity index (χ1v) is 8.35. The lowest BCUT2D eigenvalue weighted by atomic mass is 9.81. The van der Waals surface area contributed by atoms with Crippen LogP contribution in [0.1, 0.15) is 19.4 Å². The van der Waals surface area contributed by atoms with Gasteiger partial charge in [0.15, 0.2) is 5.71 Å². The van der Waals surface area contributed by atoms with Crippen molar-refractivity contribution >= 4 is 17.1 Å². The highest BCUT2D eigenvalue weighted by molar-refractivity contribution is 6.03. The number of para-hydroxylation sites is 1. The Labute approximate surface area is 161 Å². The minimum Gasteiger partial charge on any atom is -1.00 e. The number of methoxy groups -OCH3 is 2. The van der Waals surface area contributed by atoms with Crippen molar-refractivity contribution in [2.75, 3.05) is 26.6 Å². The van der Waals surface area contributed by atoms with E-state index >= 15 is 0 Å². The number of nitrogens with one attached hydrogen (secondary N) is 1. The molecule has 0 radical (unpaired) electrons. The molecule has 2 aromatic carbocycles. The van der Waals surface area contributed by atoms with Crippen LogP contribution in [0.25, 0.3) is 0 Å². The van der Waals surface area contributed by atoms with Crippen molar-refractivity contribution in [1.82, 2.24) is 0 Å². The molecule has 0 saturated heterocycles. The van der Waals surface area contributed by atoms with E-state index in [-0.39, 0.29) is 17.8 Å². The maximum Gasteiger partial charge on any atom is 0.209 e. The molecule has 1 N–H and O–H groups in total. The van der Waals surface area contributed by atoms with Crippen LogP contribution in [-0.4, -0.2) is 31.6 Å². The maximum atomic E-state index is 5.43. The van der Waals surface area contributed by atoms with Crippen LogP contribution in [-0.2, 0) is 5.41 Å². The van der Waals surface area contributed by atoms with Crippen LogP contribution in [0.2, 0.25) is 0 Å². The van der Waals surface area contributed by atoms with E-state index in [0.29, 0.717) is 0 Å². The van der Waals surface area contributed by atoms with Gasteiger partial charge in [0.2, 0.25) is 5.69 Å². The van der Waals surface area contributed by atoms with Gasteiger partial charge in [-0.1, -0.05) is 18.2 Å². The van der Waals surface area contributed by atoms with Crippen LogP contribution in [0.3, 0.4) is 0 Å². The van der Waals surface area contributed by atoms with Crippen LogP contribution in [0.4, 0.5) is 11.4 Å². The molecular formula is C21H25ClN2O2. The molecule has 0 spiro atoms. The van der Waals surface area contributed by atoms with Gasteiger partial charge in [0.25, 0.3) is 0 Å². The average Bonchev–Trinajstić information content (AvgIpc) is 2.82. The second kappa shape index (κ2) is 7.83. The fourth-order valence-corrected chi connectivity index (χ4v) is 3.43. The monoisotopic (exact) mass is 372 g/mol. The van der Waals surface area contributed by atoms with Crippen molar-refractivity contribution < 1.29 is 26.5 Å². The van der Waals surface area contributed by atoms with E-state index in [4.69, 9.17) is 9.47 Å². The Morgan fingerprint density at radius 3 is 2.42 bits per heavy atom. The summed E-state index contributed by atoms with van der Waals surface area (Å²) < 4.78 is 12.9. The Balaban J connectivity index is 0.00000243. The lowest BCUT2D eigenvalue weighted by Crippen LogP contribution is -3.00. The van der Waals surface area contributed by atoms with E-state index < -0.39 is 0 Å². The summed E-state index contributed by atoms with van der Waals surface area (Å²) in [6, 6.07) is 14.3. The summed E-state index contributed by atoms with van der Waals surface area (Å²) in [6.45, 7) is 4.51. The van der Waals surface area contributed by atoms with Crippen LogP contribution in [0.15, 0.2) is 54.7 Å². The Morgan fingerprint density at radius 2 is 1.77 bits per heavy atom. The van der Waals surface area contributed by atoms with Crippen molar-refractivity contribution in [3.63, 3.8) is 0 Å². The lowest BCUT2D eigenvalue weighted by Gasteiger charge is -2.15. The zero-order valence-corrected chi connectivity index (χ0v) is 16.6. The predicted octanol–water partition coefficient (Wildman–Crippen LogP) is 1.34. The van der Waals surface area contributed by atoms with Crippen LogP contribution >= 0.6 is 0 Å². The van der Waals surface area contributed by atoms with E-state index in [1.54, 1.807) is 14.2 Å². The van der Waals surface area contributed by atoms with E-state index in [0.717, 1.165) is 17.2 Å². The third-order valence-corrected chi connectivity index (χ3v) is 4.83. The fourth-order valence-electron chi connectivity index (χ4n) is 3.43. The third kappa shape index (κ3) is 3.42. The highest BCUT2D eigenvalue weighted by Gasteiger charge is 2.42. The van der Waals surface area contributed by atoms with Crippen molar-refractivity contribution in [2.24, 2.45) is 0 Å². The van der Waals surface area contributed by atoms with E-state index in [9.17, 15) is 0 Å². The molecular weight excluding hydrogens is 348 g/mol. The number of anilines is 1. The molecule has 3 rings (SSSR count). The van der Waals surface area contributed by atoms with Gasteiger partial charge < -0.3 is 27.2 Å². The van der Waals surface area contributed by atoms with E-state index in [1.165, 1.54) is 17.0 Å². The molecule has 0 aliphatic carbocycles. The largest absolute Gasteiger partial charge is 1.00 e. The molecule has 1 aliphatic heterocycles. The van der Waals surface area contributed by atoms with Gasteiger partial charge in [-0.2, -0.15) is 4.58 Å². The molecule has 138 valence electrons. The number of allylic oxidation sites excluding steroid dienone is 1. The molecule has 0 unspecified atom stereocenters. The lowest BCUT2D eigenvalue weighted by molar-refractivity contribution is -0.401. The van der Waals surface area contributed by atoms with Gasteiger partial charge in [-0.05, 0) is 26.0 Å². The molecule has 0 amide bonds. The highest BCUT2D eigenvalue weighted by Crippen LogP contribution is 2.39. The Kier molecular flexibility index (Phi) is 5.98.